The predicted molar refractivity (Wildman–Crippen MR) is 65.6 cm³/mol. The summed E-state index contributed by atoms with van der Waals surface area (Å²) in [5, 5.41) is 11.3. The summed E-state index contributed by atoms with van der Waals surface area (Å²) in [5.74, 6) is 0.962. The van der Waals surface area contributed by atoms with Gasteiger partial charge >= 0.3 is 5.69 Å². The fraction of sp³-hybridized carbons (Fsp3) is 0.500. The quantitative estimate of drug-likeness (QED) is 0.358. The van der Waals surface area contributed by atoms with Gasteiger partial charge in [-0.05, 0) is 18.2 Å². The third-order valence-corrected chi connectivity index (χ3v) is 3.09. The van der Waals surface area contributed by atoms with E-state index in [0.717, 1.165) is 17.2 Å². The van der Waals surface area contributed by atoms with Gasteiger partial charge in [-0.2, -0.15) is 0 Å². The Bertz CT molecular complexity index is 371. The number of thioether (sulfide) groups is 1. The lowest BCUT2D eigenvalue weighted by molar-refractivity contribution is -0.384. The summed E-state index contributed by atoms with van der Waals surface area (Å²) in [4.78, 5) is 14.0. The van der Waals surface area contributed by atoms with E-state index in [-0.39, 0.29) is 11.5 Å². The second-order valence-corrected chi connectivity index (χ2v) is 4.48. The van der Waals surface area contributed by atoms with Crippen LogP contribution in [0.25, 0.3) is 0 Å². The number of rotatable bonds is 6. The van der Waals surface area contributed by atoms with Gasteiger partial charge in [-0.15, -0.1) is 11.8 Å². The number of aromatic nitrogens is 1. The Balaban J connectivity index is 2.56. The van der Waals surface area contributed by atoms with E-state index < -0.39 is 4.92 Å². The van der Waals surface area contributed by atoms with Crippen LogP contribution in [0.4, 0.5) is 11.5 Å². The van der Waals surface area contributed by atoms with Crippen molar-refractivity contribution in [2.24, 2.45) is 0 Å². The number of hydrogen-bond acceptors (Lipinski definition) is 5. The summed E-state index contributed by atoms with van der Waals surface area (Å²) in [6, 6.07) is 3.05. The molecule has 5 nitrogen and oxygen atoms in total. The molecule has 1 aromatic rings. The Kier molecular flexibility index (Phi) is 5.04. The fourth-order valence-electron chi connectivity index (χ4n) is 1.21. The lowest BCUT2D eigenvalue weighted by Gasteiger charge is -2.01. The van der Waals surface area contributed by atoms with Gasteiger partial charge < -0.3 is 5.73 Å². The molecule has 0 unspecified atom stereocenters. The number of anilines is 1. The highest BCUT2D eigenvalue weighted by Gasteiger charge is 2.12. The van der Waals surface area contributed by atoms with E-state index >= 15 is 0 Å². The molecule has 16 heavy (non-hydrogen) atoms. The van der Waals surface area contributed by atoms with Crippen molar-refractivity contribution in [3.63, 3.8) is 0 Å². The number of pyridine rings is 1. The van der Waals surface area contributed by atoms with Gasteiger partial charge in [-0.1, -0.05) is 19.8 Å². The molecule has 0 bridgehead atoms. The summed E-state index contributed by atoms with van der Waals surface area (Å²) in [6.07, 6.45) is 3.49. The van der Waals surface area contributed by atoms with E-state index in [1.54, 1.807) is 17.8 Å². The van der Waals surface area contributed by atoms with Crippen LogP contribution < -0.4 is 5.73 Å². The standard InChI is InChI=1S/C10H15N3O2S/c1-2-3-4-7-16-9-6-5-8(13(14)15)10(11)12-9/h5-6H,2-4,7H2,1H3,(H2,11,12). The molecular weight excluding hydrogens is 226 g/mol. The molecule has 0 saturated carbocycles. The zero-order valence-electron chi connectivity index (χ0n) is 9.18. The maximum absolute atomic E-state index is 10.5. The van der Waals surface area contributed by atoms with Crippen LogP contribution in [0.2, 0.25) is 0 Å². The molecule has 0 aliphatic carbocycles. The van der Waals surface area contributed by atoms with Crippen LogP contribution >= 0.6 is 11.8 Å². The predicted octanol–water partition coefficient (Wildman–Crippen LogP) is 2.85. The molecular formula is C10H15N3O2S. The highest BCUT2D eigenvalue weighted by atomic mass is 32.2. The van der Waals surface area contributed by atoms with E-state index in [1.165, 1.54) is 18.9 Å². The highest BCUT2D eigenvalue weighted by Crippen LogP contribution is 2.24. The van der Waals surface area contributed by atoms with E-state index in [9.17, 15) is 10.1 Å². The maximum atomic E-state index is 10.5. The molecule has 1 aromatic heterocycles. The second-order valence-electron chi connectivity index (χ2n) is 3.37. The SMILES string of the molecule is CCCCCSc1ccc([N+](=O)[O-])c(N)n1. The molecule has 0 spiro atoms. The Morgan fingerprint density at radius 2 is 2.25 bits per heavy atom. The topological polar surface area (TPSA) is 82.0 Å². The van der Waals surface area contributed by atoms with Crippen molar-refractivity contribution in [3.05, 3.63) is 22.2 Å². The molecule has 0 atom stereocenters. The van der Waals surface area contributed by atoms with Crippen LogP contribution in [0.1, 0.15) is 26.2 Å². The number of nitro groups is 1. The minimum Gasteiger partial charge on any atom is -0.378 e. The monoisotopic (exact) mass is 241 g/mol. The van der Waals surface area contributed by atoms with Gasteiger partial charge in [0, 0.05) is 6.07 Å². The van der Waals surface area contributed by atoms with Gasteiger partial charge in [-0.3, -0.25) is 10.1 Å². The van der Waals surface area contributed by atoms with Crippen molar-refractivity contribution in [2.75, 3.05) is 11.5 Å². The Labute approximate surface area is 98.6 Å². The van der Waals surface area contributed by atoms with Gasteiger partial charge in [0.15, 0.2) is 0 Å². The van der Waals surface area contributed by atoms with Crippen molar-refractivity contribution in [3.8, 4) is 0 Å². The molecule has 0 aromatic carbocycles. The van der Waals surface area contributed by atoms with Crippen LogP contribution in [0.15, 0.2) is 17.2 Å². The van der Waals surface area contributed by atoms with Crippen molar-refractivity contribution in [1.82, 2.24) is 4.98 Å². The van der Waals surface area contributed by atoms with E-state index in [0.29, 0.717) is 0 Å². The Morgan fingerprint density at radius 1 is 1.50 bits per heavy atom. The van der Waals surface area contributed by atoms with E-state index in [4.69, 9.17) is 5.73 Å². The fourth-order valence-corrected chi connectivity index (χ4v) is 2.10. The first-order valence-electron chi connectivity index (χ1n) is 5.19. The summed E-state index contributed by atoms with van der Waals surface area (Å²) >= 11 is 1.58. The van der Waals surface area contributed by atoms with Crippen LogP contribution in [0, 0.1) is 10.1 Å². The van der Waals surface area contributed by atoms with Crippen molar-refractivity contribution in [2.45, 2.75) is 31.2 Å². The van der Waals surface area contributed by atoms with Crippen LogP contribution in [0.5, 0.6) is 0 Å². The molecule has 88 valence electrons. The van der Waals surface area contributed by atoms with Crippen molar-refractivity contribution in [1.29, 1.82) is 0 Å². The van der Waals surface area contributed by atoms with E-state index in [2.05, 4.69) is 11.9 Å². The number of nitrogen functional groups attached to an aromatic ring is 1. The Morgan fingerprint density at radius 3 is 2.81 bits per heavy atom. The smallest absolute Gasteiger partial charge is 0.311 e. The van der Waals surface area contributed by atoms with Gasteiger partial charge in [0.05, 0.1) is 9.95 Å². The zero-order chi connectivity index (χ0) is 12.0. The zero-order valence-corrected chi connectivity index (χ0v) is 10.00. The average Bonchev–Trinajstić information content (AvgIpc) is 2.24. The molecule has 0 saturated heterocycles. The number of nitrogens with zero attached hydrogens (tertiary/aromatic N) is 2. The lowest BCUT2D eigenvalue weighted by atomic mass is 10.3. The minimum absolute atomic E-state index is 0.00880. The van der Waals surface area contributed by atoms with Crippen molar-refractivity contribution >= 4 is 23.3 Å². The molecule has 0 aliphatic rings. The van der Waals surface area contributed by atoms with Gasteiger partial charge in [0.1, 0.15) is 0 Å². The summed E-state index contributed by atoms with van der Waals surface area (Å²) in [7, 11) is 0. The molecule has 6 heteroatoms. The molecule has 0 amide bonds. The first-order valence-corrected chi connectivity index (χ1v) is 6.17. The molecule has 0 fully saturated rings. The second kappa shape index (κ2) is 6.32. The van der Waals surface area contributed by atoms with Crippen LogP contribution in [-0.4, -0.2) is 15.7 Å². The van der Waals surface area contributed by atoms with Crippen LogP contribution in [-0.2, 0) is 0 Å². The number of unbranched alkanes of at least 4 members (excludes halogenated alkanes) is 2. The Hall–Kier alpha value is -1.30. The van der Waals surface area contributed by atoms with Gasteiger partial charge in [0.25, 0.3) is 0 Å². The molecule has 1 heterocycles. The maximum Gasteiger partial charge on any atom is 0.311 e. The van der Waals surface area contributed by atoms with E-state index in [1.807, 2.05) is 0 Å². The molecule has 0 aliphatic heterocycles. The van der Waals surface area contributed by atoms with Crippen LogP contribution in [0.3, 0.4) is 0 Å². The summed E-state index contributed by atoms with van der Waals surface area (Å²) in [6.45, 7) is 2.15. The minimum atomic E-state index is -0.520. The number of nitrogens with two attached hydrogens (primary N) is 1. The largest absolute Gasteiger partial charge is 0.378 e. The molecule has 0 radical (unpaired) electrons. The first-order chi connectivity index (χ1) is 7.65. The lowest BCUT2D eigenvalue weighted by Crippen LogP contribution is -1.99. The molecule has 1 rings (SSSR count). The average molecular weight is 241 g/mol. The third-order valence-electron chi connectivity index (χ3n) is 2.07. The van der Waals surface area contributed by atoms with Gasteiger partial charge in [-0.25, -0.2) is 4.98 Å². The first kappa shape index (κ1) is 12.8. The molecule has 2 N–H and O–H groups in total. The third kappa shape index (κ3) is 3.69. The summed E-state index contributed by atoms with van der Waals surface area (Å²) in [5.41, 5.74) is 5.36. The normalized spacial score (nSPS) is 10.3. The van der Waals surface area contributed by atoms with Gasteiger partial charge in [0.2, 0.25) is 5.82 Å². The number of hydrogen-bond donors (Lipinski definition) is 1. The summed E-state index contributed by atoms with van der Waals surface area (Å²) < 4.78 is 0. The van der Waals surface area contributed by atoms with Crippen molar-refractivity contribution < 1.29 is 4.92 Å². The highest BCUT2D eigenvalue weighted by molar-refractivity contribution is 7.99.